The fourth-order valence-electron chi connectivity index (χ4n) is 0.951. The van der Waals surface area contributed by atoms with Crippen molar-refractivity contribution in [2.75, 3.05) is 0 Å². The molecule has 0 amide bonds. The molecule has 0 saturated carbocycles. The number of thiophene rings is 1. The van der Waals surface area contributed by atoms with Crippen LogP contribution in [0, 0.1) is 0 Å². The first-order valence-corrected chi connectivity index (χ1v) is 5.45. The Balaban J connectivity index is 2.70. The number of aliphatic hydroxyl groups is 1. The van der Waals surface area contributed by atoms with Crippen LogP contribution in [0.2, 0.25) is 0 Å². The average Bonchev–Trinajstić information content (AvgIpc) is 2.49. The van der Waals surface area contributed by atoms with E-state index in [9.17, 15) is 5.11 Å². The van der Waals surface area contributed by atoms with Gasteiger partial charge in [-0.25, -0.2) is 0 Å². The lowest BCUT2D eigenvalue weighted by Gasteiger charge is -2.14. The van der Waals surface area contributed by atoms with Crippen LogP contribution in [0.25, 0.3) is 0 Å². The fraction of sp³-hybridized carbons (Fsp3) is 0.500. The minimum atomic E-state index is -0.435. The maximum Gasteiger partial charge on any atom is 0.0738 e. The first-order chi connectivity index (χ1) is 5.65. The molecule has 12 heavy (non-hydrogen) atoms. The first kappa shape index (κ1) is 10.2. The van der Waals surface area contributed by atoms with Gasteiger partial charge in [-0.15, -0.1) is 11.3 Å². The summed E-state index contributed by atoms with van der Waals surface area (Å²) < 4.78 is 1.05. The summed E-state index contributed by atoms with van der Waals surface area (Å²) in [6, 6.07) is 3.65. The van der Waals surface area contributed by atoms with Crippen LogP contribution >= 0.6 is 27.3 Å². The number of hydrogen-bond acceptors (Lipinski definition) is 3. The van der Waals surface area contributed by atoms with Crippen molar-refractivity contribution < 1.29 is 5.11 Å². The van der Waals surface area contributed by atoms with E-state index in [0.717, 1.165) is 8.66 Å². The molecule has 2 nitrogen and oxygen atoms in total. The van der Waals surface area contributed by atoms with Gasteiger partial charge >= 0.3 is 0 Å². The third kappa shape index (κ3) is 2.29. The summed E-state index contributed by atoms with van der Waals surface area (Å²) >= 11 is 4.92. The van der Waals surface area contributed by atoms with E-state index < -0.39 is 6.10 Å². The molecule has 68 valence electrons. The van der Waals surface area contributed by atoms with E-state index >= 15 is 0 Å². The van der Waals surface area contributed by atoms with E-state index in [4.69, 9.17) is 5.73 Å². The second kappa shape index (κ2) is 4.37. The van der Waals surface area contributed by atoms with Gasteiger partial charge in [-0.2, -0.15) is 0 Å². The molecule has 0 fully saturated rings. The average molecular weight is 250 g/mol. The smallest absolute Gasteiger partial charge is 0.0738 e. The Morgan fingerprint density at radius 3 is 2.75 bits per heavy atom. The highest BCUT2D eigenvalue weighted by atomic mass is 79.9. The number of hydrogen-bond donors (Lipinski definition) is 2. The van der Waals surface area contributed by atoms with Crippen LogP contribution in [0.3, 0.4) is 0 Å². The van der Waals surface area contributed by atoms with Gasteiger partial charge in [0.1, 0.15) is 0 Å². The fourth-order valence-corrected chi connectivity index (χ4v) is 2.43. The molecule has 0 aromatic carbocycles. The predicted molar refractivity (Wildman–Crippen MR) is 55.2 cm³/mol. The van der Waals surface area contributed by atoms with Gasteiger partial charge in [0.15, 0.2) is 0 Å². The lowest BCUT2D eigenvalue weighted by atomic mass is 10.1. The molecule has 2 atom stereocenters. The molecule has 0 bridgehead atoms. The van der Waals surface area contributed by atoms with Gasteiger partial charge in [0, 0.05) is 4.88 Å². The van der Waals surface area contributed by atoms with Crippen molar-refractivity contribution in [3.8, 4) is 0 Å². The molecule has 3 N–H and O–H groups in total. The molecular weight excluding hydrogens is 238 g/mol. The van der Waals surface area contributed by atoms with Crippen LogP contribution in [-0.4, -0.2) is 11.2 Å². The Kier molecular flexibility index (Phi) is 3.71. The molecule has 0 spiro atoms. The summed E-state index contributed by atoms with van der Waals surface area (Å²) in [6.07, 6.45) is 0.256. The summed E-state index contributed by atoms with van der Waals surface area (Å²) in [6.45, 7) is 1.92. The monoisotopic (exact) mass is 249 g/mol. The lowest BCUT2D eigenvalue weighted by molar-refractivity contribution is 0.142. The predicted octanol–water partition coefficient (Wildman–Crippen LogP) is 2.28. The van der Waals surface area contributed by atoms with Gasteiger partial charge in [-0.3, -0.25) is 0 Å². The minimum absolute atomic E-state index is 0.244. The molecule has 0 aliphatic heterocycles. The zero-order valence-corrected chi connectivity index (χ0v) is 9.23. The Hall–Kier alpha value is 0.1000. The summed E-state index contributed by atoms with van der Waals surface area (Å²) in [5.41, 5.74) is 5.80. The Bertz CT molecular complexity index is 251. The van der Waals surface area contributed by atoms with Crippen molar-refractivity contribution in [3.05, 3.63) is 20.8 Å². The molecular formula is C8H12BrNOS. The highest BCUT2D eigenvalue weighted by Crippen LogP contribution is 2.28. The molecule has 0 aliphatic carbocycles. The first-order valence-electron chi connectivity index (χ1n) is 3.84. The maximum absolute atomic E-state index is 9.46. The molecule has 1 aromatic heterocycles. The van der Waals surface area contributed by atoms with Crippen LogP contribution in [0.15, 0.2) is 15.9 Å². The normalized spacial score (nSPS) is 16.0. The third-order valence-corrected chi connectivity index (χ3v) is 3.48. The second-order valence-corrected chi connectivity index (χ2v) is 5.14. The van der Waals surface area contributed by atoms with Gasteiger partial charge in [-0.05, 0) is 34.5 Å². The van der Waals surface area contributed by atoms with E-state index in [0.29, 0.717) is 6.42 Å². The molecule has 1 heterocycles. The number of rotatable bonds is 3. The van der Waals surface area contributed by atoms with Crippen molar-refractivity contribution in [1.29, 1.82) is 0 Å². The number of aliphatic hydroxyl groups excluding tert-OH is 1. The SMILES string of the molecule is CCC(O)C(N)c1ccc(Br)s1. The summed E-state index contributed by atoms with van der Waals surface area (Å²) in [5, 5.41) is 9.46. The van der Waals surface area contributed by atoms with E-state index in [1.807, 2.05) is 19.1 Å². The van der Waals surface area contributed by atoms with Crippen molar-refractivity contribution in [2.45, 2.75) is 25.5 Å². The van der Waals surface area contributed by atoms with E-state index in [1.54, 1.807) is 11.3 Å². The molecule has 0 radical (unpaired) electrons. The molecule has 0 saturated heterocycles. The zero-order chi connectivity index (χ0) is 9.14. The highest BCUT2D eigenvalue weighted by molar-refractivity contribution is 9.11. The van der Waals surface area contributed by atoms with Crippen molar-refractivity contribution in [3.63, 3.8) is 0 Å². The molecule has 4 heteroatoms. The standard InChI is InChI=1S/C8H12BrNOS/c1-2-5(11)8(10)6-3-4-7(9)12-6/h3-5,8,11H,2,10H2,1H3. The van der Waals surface area contributed by atoms with Gasteiger partial charge < -0.3 is 10.8 Å². The number of nitrogens with two attached hydrogens (primary N) is 1. The minimum Gasteiger partial charge on any atom is -0.391 e. The Morgan fingerprint density at radius 1 is 1.67 bits per heavy atom. The quantitative estimate of drug-likeness (QED) is 0.864. The van der Waals surface area contributed by atoms with Crippen LogP contribution in [0.1, 0.15) is 24.3 Å². The van der Waals surface area contributed by atoms with Crippen LogP contribution < -0.4 is 5.73 Å². The topological polar surface area (TPSA) is 46.2 Å². The Morgan fingerprint density at radius 2 is 2.33 bits per heavy atom. The van der Waals surface area contributed by atoms with Crippen LogP contribution in [0.5, 0.6) is 0 Å². The van der Waals surface area contributed by atoms with Gasteiger partial charge in [0.05, 0.1) is 15.9 Å². The molecule has 0 aliphatic rings. The van der Waals surface area contributed by atoms with Crippen LogP contribution in [0.4, 0.5) is 0 Å². The summed E-state index contributed by atoms with van der Waals surface area (Å²) in [5.74, 6) is 0. The maximum atomic E-state index is 9.46. The van der Waals surface area contributed by atoms with Crippen molar-refractivity contribution in [1.82, 2.24) is 0 Å². The van der Waals surface area contributed by atoms with Gasteiger partial charge in [-0.1, -0.05) is 6.92 Å². The summed E-state index contributed by atoms with van der Waals surface area (Å²) in [7, 11) is 0. The van der Waals surface area contributed by atoms with E-state index in [1.165, 1.54) is 0 Å². The second-order valence-electron chi connectivity index (χ2n) is 2.64. The largest absolute Gasteiger partial charge is 0.391 e. The van der Waals surface area contributed by atoms with Crippen LogP contribution in [-0.2, 0) is 0 Å². The Labute approximate surface area is 84.5 Å². The van der Waals surface area contributed by atoms with Gasteiger partial charge in [0.2, 0.25) is 0 Å². The summed E-state index contributed by atoms with van der Waals surface area (Å²) in [4.78, 5) is 1.02. The molecule has 2 unspecified atom stereocenters. The number of halogens is 1. The lowest BCUT2D eigenvalue weighted by Crippen LogP contribution is -2.24. The zero-order valence-electron chi connectivity index (χ0n) is 6.83. The third-order valence-electron chi connectivity index (χ3n) is 1.76. The van der Waals surface area contributed by atoms with Gasteiger partial charge in [0.25, 0.3) is 0 Å². The molecule has 1 rings (SSSR count). The van der Waals surface area contributed by atoms with Crippen molar-refractivity contribution >= 4 is 27.3 Å². The highest BCUT2D eigenvalue weighted by Gasteiger charge is 2.16. The van der Waals surface area contributed by atoms with E-state index in [-0.39, 0.29) is 6.04 Å². The van der Waals surface area contributed by atoms with Crippen molar-refractivity contribution in [2.24, 2.45) is 5.73 Å². The van der Waals surface area contributed by atoms with E-state index in [2.05, 4.69) is 15.9 Å². The molecule has 1 aromatic rings.